The van der Waals surface area contributed by atoms with E-state index in [0.29, 0.717) is 12.8 Å². The van der Waals surface area contributed by atoms with Gasteiger partial charge in [0.1, 0.15) is 0 Å². The summed E-state index contributed by atoms with van der Waals surface area (Å²) in [4.78, 5) is 0. The maximum absolute atomic E-state index is 9.72. The molecule has 0 aromatic heterocycles. The van der Waals surface area contributed by atoms with E-state index < -0.39 is 5.60 Å². The minimum absolute atomic E-state index is 0.114. The van der Waals surface area contributed by atoms with Crippen LogP contribution in [-0.4, -0.2) is 54.2 Å². The van der Waals surface area contributed by atoms with Crippen molar-refractivity contribution in [1.29, 1.82) is 0 Å². The highest BCUT2D eigenvalue weighted by Crippen LogP contribution is 2.23. The van der Waals surface area contributed by atoms with Crippen LogP contribution in [0.2, 0.25) is 0 Å². The Morgan fingerprint density at radius 1 is 1.42 bits per heavy atom. The summed E-state index contributed by atoms with van der Waals surface area (Å²) in [6, 6.07) is 0. The lowest BCUT2D eigenvalue weighted by Crippen LogP contribution is -2.61. The number of likely N-dealkylation sites (tertiary alicyclic amines) is 1. The first-order valence-corrected chi connectivity index (χ1v) is 4.40. The van der Waals surface area contributed by atoms with E-state index in [4.69, 9.17) is 5.11 Å². The van der Waals surface area contributed by atoms with E-state index in [2.05, 4.69) is 12.5 Å². The topological polar surface area (TPSA) is 52.5 Å². The zero-order valence-corrected chi connectivity index (χ0v) is 7.88. The van der Waals surface area contributed by atoms with Crippen LogP contribution < -0.4 is 5.43 Å². The molecule has 3 N–H and O–H groups in total. The van der Waals surface area contributed by atoms with Crippen LogP contribution in [0.25, 0.3) is 0 Å². The summed E-state index contributed by atoms with van der Waals surface area (Å²) < 4.78 is 0.780. The van der Waals surface area contributed by atoms with Gasteiger partial charge in [0.25, 0.3) is 0 Å². The van der Waals surface area contributed by atoms with E-state index in [0.717, 1.165) is 17.7 Å². The fourth-order valence-corrected chi connectivity index (χ4v) is 1.53. The lowest BCUT2D eigenvalue weighted by atomic mass is 9.92. The molecule has 0 aromatic carbocycles. The number of piperidine rings is 1. The van der Waals surface area contributed by atoms with Crippen LogP contribution in [0.5, 0.6) is 0 Å². The second kappa shape index (κ2) is 3.30. The second-order valence-corrected chi connectivity index (χ2v) is 3.95. The molecular weight excluding hydrogens is 156 g/mol. The number of rotatable bonds is 2. The quantitative estimate of drug-likeness (QED) is 0.476. The number of hydrogen-bond acceptors (Lipinski definition) is 3. The van der Waals surface area contributed by atoms with Crippen molar-refractivity contribution >= 4 is 0 Å². The van der Waals surface area contributed by atoms with Gasteiger partial charge in [-0.05, 0) is 0 Å². The number of aliphatic hydroxyl groups excluding tert-OH is 1. The van der Waals surface area contributed by atoms with Crippen molar-refractivity contribution in [2.24, 2.45) is 0 Å². The standard InChI is InChI=1S/C8H19N2O2/c1-9-10(2)5-3-8(12,7-11)4-6-10/h9,11-12H,3-7H2,1-2H3/q+1. The summed E-state index contributed by atoms with van der Waals surface area (Å²) >= 11 is 0. The predicted molar refractivity (Wildman–Crippen MR) is 46.2 cm³/mol. The van der Waals surface area contributed by atoms with Crippen LogP contribution in [0.4, 0.5) is 0 Å². The molecule has 0 spiro atoms. The fraction of sp³-hybridized carbons (Fsp3) is 1.00. The van der Waals surface area contributed by atoms with Crippen molar-refractivity contribution in [2.75, 3.05) is 33.8 Å². The largest absolute Gasteiger partial charge is 0.393 e. The maximum atomic E-state index is 9.72. The summed E-state index contributed by atoms with van der Waals surface area (Å²) in [7, 11) is 4.01. The molecule has 0 radical (unpaired) electrons. The molecule has 1 fully saturated rings. The molecule has 0 saturated carbocycles. The molecular formula is C8H19N2O2+. The van der Waals surface area contributed by atoms with Crippen LogP contribution in [-0.2, 0) is 0 Å². The van der Waals surface area contributed by atoms with Crippen molar-refractivity contribution in [1.82, 2.24) is 5.43 Å². The van der Waals surface area contributed by atoms with Gasteiger partial charge in [0.2, 0.25) is 0 Å². The zero-order chi connectivity index (χ0) is 9.24. The van der Waals surface area contributed by atoms with Crippen molar-refractivity contribution in [2.45, 2.75) is 18.4 Å². The van der Waals surface area contributed by atoms with Crippen molar-refractivity contribution in [3.05, 3.63) is 0 Å². The van der Waals surface area contributed by atoms with Gasteiger partial charge < -0.3 is 10.2 Å². The molecule has 0 aromatic rings. The van der Waals surface area contributed by atoms with Gasteiger partial charge in [-0.25, -0.2) is 4.59 Å². The molecule has 1 rings (SSSR count). The second-order valence-electron chi connectivity index (χ2n) is 3.95. The average Bonchev–Trinajstić information content (AvgIpc) is 2.11. The van der Waals surface area contributed by atoms with Gasteiger partial charge >= 0.3 is 0 Å². The van der Waals surface area contributed by atoms with Crippen LogP contribution >= 0.6 is 0 Å². The number of quaternary nitrogens is 1. The van der Waals surface area contributed by atoms with E-state index in [1.54, 1.807) is 0 Å². The molecule has 0 unspecified atom stereocenters. The van der Waals surface area contributed by atoms with Crippen molar-refractivity contribution in [3.8, 4) is 0 Å². The molecule has 12 heavy (non-hydrogen) atoms. The van der Waals surface area contributed by atoms with Crippen molar-refractivity contribution in [3.63, 3.8) is 0 Å². The molecule has 0 amide bonds. The highest BCUT2D eigenvalue weighted by Gasteiger charge is 2.38. The van der Waals surface area contributed by atoms with Gasteiger partial charge in [0.05, 0.1) is 32.3 Å². The molecule has 1 aliphatic heterocycles. The lowest BCUT2D eigenvalue weighted by molar-refractivity contribution is -0.956. The first kappa shape index (κ1) is 9.92. The van der Waals surface area contributed by atoms with Gasteiger partial charge in [-0.1, -0.05) is 0 Å². The first-order valence-electron chi connectivity index (χ1n) is 4.40. The molecule has 4 heteroatoms. The monoisotopic (exact) mass is 175 g/mol. The Hall–Kier alpha value is -0.160. The third-order valence-corrected chi connectivity index (χ3v) is 2.98. The minimum Gasteiger partial charge on any atom is -0.393 e. The molecule has 0 atom stereocenters. The van der Waals surface area contributed by atoms with Gasteiger partial charge in [-0.2, -0.15) is 5.43 Å². The summed E-state index contributed by atoms with van der Waals surface area (Å²) in [6.07, 6.45) is 1.34. The summed E-state index contributed by atoms with van der Waals surface area (Å²) in [5.41, 5.74) is 2.36. The van der Waals surface area contributed by atoms with E-state index in [-0.39, 0.29) is 6.61 Å². The third kappa shape index (κ3) is 1.95. The first-order chi connectivity index (χ1) is 5.54. The molecule has 0 aliphatic carbocycles. The van der Waals surface area contributed by atoms with E-state index in [1.807, 2.05) is 7.05 Å². The Balaban J connectivity index is 2.49. The Labute approximate surface area is 73.4 Å². The number of nitrogens with one attached hydrogen (secondary N) is 1. The van der Waals surface area contributed by atoms with Gasteiger partial charge in [0.15, 0.2) is 0 Å². The van der Waals surface area contributed by atoms with E-state index in [1.165, 1.54) is 0 Å². The molecule has 1 saturated heterocycles. The maximum Gasteiger partial charge on any atom is 0.0988 e. The summed E-state index contributed by atoms with van der Waals surface area (Å²) in [5, 5.41) is 18.6. The smallest absolute Gasteiger partial charge is 0.0988 e. The van der Waals surface area contributed by atoms with Gasteiger partial charge in [0, 0.05) is 19.9 Å². The normalized spacial score (nSPS) is 43.0. The Morgan fingerprint density at radius 3 is 2.25 bits per heavy atom. The van der Waals surface area contributed by atoms with Gasteiger partial charge in [-0.3, -0.25) is 0 Å². The number of nitrogens with zero attached hydrogens (tertiary/aromatic N) is 1. The fourth-order valence-electron chi connectivity index (χ4n) is 1.53. The number of hydrogen-bond donors (Lipinski definition) is 3. The van der Waals surface area contributed by atoms with Gasteiger partial charge in [-0.15, -0.1) is 0 Å². The van der Waals surface area contributed by atoms with Crippen LogP contribution in [0.3, 0.4) is 0 Å². The molecule has 1 aliphatic rings. The molecule has 1 heterocycles. The lowest BCUT2D eigenvalue weighted by Gasteiger charge is -2.42. The third-order valence-electron chi connectivity index (χ3n) is 2.98. The van der Waals surface area contributed by atoms with Crippen LogP contribution in [0, 0.1) is 0 Å². The Bertz CT molecular complexity index is 135. The predicted octanol–water partition coefficient (Wildman–Crippen LogP) is -0.915. The van der Waals surface area contributed by atoms with Crippen LogP contribution in [0.15, 0.2) is 0 Å². The Kier molecular flexibility index (Phi) is 2.73. The van der Waals surface area contributed by atoms with Crippen LogP contribution in [0.1, 0.15) is 12.8 Å². The molecule has 4 nitrogen and oxygen atoms in total. The highest BCUT2D eigenvalue weighted by atomic mass is 16.3. The van der Waals surface area contributed by atoms with E-state index >= 15 is 0 Å². The average molecular weight is 175 g/mol. The highest BCUT2D eigenvalue weighted by molar-refractivity contribution is 4.79. The number of aliphatic hydroxyl groups is 2. The zero-order valence-electron chi connectivity index (χ0n) is 7.88. The van der Waals surface area contributed by atoms with E-state index in [9.17, 15) is 5.11 Å². The molecule has 72 valence electrons. The summed E-state index contributed by atoms with van der Waals surface area (Å²) in [6.45, 7) is 1.62. The summed E-state index contributed by atoms with van der Waals surface area (Å²) in [5.74, 6) is 0. The molecule has 0 bridgehead atoms. The SMILES string of the molecule is CN[N+]1(C)CCC(O)(CO)CC1. The van der Waals surface area contributed by atoms with Crippen molar-refractivity contribution < 1.29 is 14.8 Å². The Morgan fingerprint density at radius 2 is 1.92 bits per heavy atom. The minimum atomic E-state index is -0.825.